The molecular formula is C29H34BrN3O5S. The number of anilines is 1. The lowest BCUT2D eigenvalue weighted by Crippen LogP contribution is -2.49. The zero-order valence-electron chi connectivity index (χ0n) is 22.3. The van der Waals surface area contributed by atoms with Crippen molar-refractivity contribution in [3.8, 4) is 5.75 Å². The first kappa shape index (κ1) is 30.2. The predicted molar refractivity (Wildman–Crippen MR) is 157 cm³/mol. The smallest absolute Gasteiger partial charge is 0.242 e. The number of halogens is 1. The molecule has 0 saturated carbocycles. The normalized spacial score (nSPS) is 11.9. The van der Waals surface area contributed by atoms with E-state index in [1.165, 1.54) is 4.31 Å². The zero-order valence-corrected chi connectivity index (χ0v) is 24.7. The molecule has 0 fully saturated rings. The zero-order chi connectivity index (χ0) is 28.4. The fourth-order valence-corrected chi connectivity index (χ4v) is 5.49. The number of sulfonamides is 1. The second kappa shape index (κ2) is 14.1. The number of likely N-dealkylation sites (N-methyl/N-ethyl adjacent to an activating group) is 1. The van der Waals surface area contributed by atoms with Crippen LogP contribution in [0.4, 0.5) is 5.69 Å². The fourth-order valence-electron chi connectivity index (χ4n) is 4.26. The number of nitrogens with zero attached hydrogens (tertiary/aromatic N) is 2. The molecule has 0 aliphatic heterocycles. The number of amides is 2. The van der Waals surface area contributed by atoms with Crippen LogP contribution in [-0.4, -0.2) is 58.1 Å². The highest BCUT2D eigenvalue weighted by Crippen LogP contribution is 2.23. The Hall–Kier alpha value is -3.37. The lowest BCUT2D eigenvalue weighted by atomic mass is 10.0. The van der Waals surface area contributed by atoms with Crippen LogP contribution in [0.3, 0.4) is 0 Å². The Balaban J connectivity index is 1.82. The van der Waals surface area contributed by atoms with Gasteiger partial charge < -0.3 is 15.0 Å². The van der Waals surface area contributed by atoms with Gasteiger partial charge in [0.1, 0.15) is 11.8 Å². The summed E-state index contributed by atoms with van der Waals surface area (Å²) in [6.45, 7) is 0.359. The number of hydrogen-bond donors (Lipinski definition) is 1. The van der Waals surface area contributed by atoms with E-state index in [1.807, 2.05) is 54.6 Å². The van der Waals surface area contributed by atoms with Crippen LogP contribution in [0, 0.1) is 0 Å². The molecule has 0 unspecified atom stereocenters. The Morgan fingerprint density at radius 3 is 2.15 bits per heavy atom. The molecule has 39 heavy (non-hydrogen) atoms. The van der Waals surface area contributed by atoms with Crippen LogP contribution in [-0.2, 0) is 32.6 Å². The van der Waals surface area contributed by atoms with E-state index in [0.29, 0.717) is 17.9 Å². The minimum Gasteiger partial charge on any atom is -0.497 e. The van der Waals surface area contributed by atoms with Gasteiger partial charge in [-0.1, -0.05) is 58.4 Å². The molecule has 1 N–H and O–H groups in total. The van der Waals surface area contributed by atoms with Gasteiger partial charge >= 0.3 is 0 Å². The van der Waals surface area contributed by atoms with Crippen molar-refractivity contribution in [1.29, 1.82) is 0 Å². The molecule has 0 spiro atoms. The number of methoxy groups -OCH3 is 1. The number of benzene rings is 3. The Kier molecular flexibility index (Phi) is 10.9. The van der Waals surface area contributed by atoms with E-state index in [1.54, 1.807) is 43.3 Å². The second-order valence-corrected chi connectivity index (χ2v) is 11.9. The van der Waals surface area contributed by atoms with Gasteiger partial charge in [0.2, 0.25) is 21.8 Å². The van der Waals surface area contributed by atoms with E-state index in [9.17, 15) is 18.0 Å². The largest absolute Gasteiger partial charge is 0.497 e. The number of carbonyl (C=O) groups excluding carboxylic acids is 2. The summed E-state index contributed by atoms with van der Waals surface area (Å²) in [6.07, 6.45) is 1.84. The molecule has 208 valence electrons. The van der Waals surface area contributed by atoms with Crippen molar-refractivity contribution in [3.05, 3.63) is 94.5 Å². The number of carbonyl (C=O) groups is 2. The Bertz CT molecular complexity index is 1330. The number of nitrogens with one attached hydrogen (secondary N) is 1. The standard InChI is InChI=1S/C29H34BrN3O5S/c1-31-29(35)27(20-22-8-5-4-6-9-22)32(21-23-11-13-24(30)14-12-23)28(34)10-7-19-33(39(3,36)37)25-15-17-26(38-2)18-16-25/h4-6,8-9,11-18,27H,7,10,19-21H2,1-3H3,(H,31,35)/t27-/m1/s1. The minimum absolute atomic E-state index is 0.0704. The van der Waals surface area contributed by atoms with Crippen molar-refractivity contribution in [3.63, 3.8) is 0 Å². The van der Waals surface area contributed by atoms with Crippen molar-refractivity contribution in [2.45, 2.75) is 31.8 Å². The van der Waals surface area contributed by atoms with Crippen LogP contribution >= 0.6 is 15.9 Å². The molecule has 0 bridgehead atoms. The van der Waals surface area contributed by atoms with E-state index in [0.717, 1.165) is 21.9 Å². The molecule has 3 aromatic carbocycles. The van der Waals surface area contributed by atoms with Crippen molar-refractivity contribution < 1.29 is 22.7 Å². The van der Waals surface area contributed by atoms with E-state index in [4.69, 9.17) is 4.74 Å². The highest BCUT2D eigenvalue weighted by molar-refractivity contribution is 9.10. The summed E-state index contributed by atoms with van der Waals surface area (Å²) in [5, 5.41) is 2.70. The number of rotatable bonds is 13. The molecular weight excluding hydrogens is 582 g/mol. The molecule has 1 atom stereocenters. The van der Waals surface area contributed by atoms with E-state index in [2.05, 4.69) is 21.2 Å². The molecule has 0 aliphatic rings. The van der Waals surface area contributed by atoms with Crippen LogP contribution in [0.1, 0.15) is 24.0 Å². The van der Waals surface area contributed by atoms with Crippen molar-refractivity contribution in [2.75, 3.05) is 31.3 Å². The molecule has 0 saturated heterocycles. The van der Waals surface area contributed by atoms with Crippen LogP contribution in [0.2, 0.25) is 0 Å². The predicted octanol–water partition coefficient (Wildman–Crippen LogP) is 4.39. The highest BCUT2D eigenvalue weighted by atomic mass is 79.9. The Labute approximate surface area is 239 Å². The van der Waals surface area contributed by atoms with Crippen LogP contribution < -0.4 is 14.4 Å². The molecule has 0 heterocycles. The fraction of sp³-hybridized carbons (Fsp3) is 0.310. The van der Waals surface area contributed by atoms with E-state index < -0.39 is 16.1 Å². The third-order valence-electron chi connectivity index (χ3n) is 6.30. The van der Waals surface area contributed by atoms with Gasteiger partial charge in [-0.15, -0.1) is 0 Å². The van der Waals surface area contributed by atoms with Crippen LogP contribution in [0.5, 0.6) is 5.75 Å². The molecule has 8 nitrogen and oxygen atoms in total. The van der Waals surface area contributed by atoms with Gasteiger partial charge in [-0.05, 0) is 53.9 Å². The van der Waals surface area contributed by atoms with Gasteiger partial charge in [-0.25, -0.2) is 8.42 Å². The van der Waals surface area contributed by atoms with Crippen molar-refractivity contribution in [2.24, 2.45) is 0 Å². The lowest BCUT2D eigenvalue weighted by Gasteiger charge is -2.31. The molecule has 3 aromatic rings. The van der Waals surface area contributed by atoms with Gasteiger partial charge in [0, 0.05) is 37.5 Å². The van der Waals surface area contributed by atoms with Gasteiger partial charge in [0.15, 0.2) is 0 Å². The lowest BCUT2D eigenvalue weighted by molar-refractivity contribution is -0.141. The topological polar surface area (TPSA) is 96.0 Å². The van der Waals surface area contributed by atoms with E-state index >= 15 is 0 Å². The summed E-state index contributed by atoms with van der Waals surface area (Å²) in [7, 11) is -0.486. The van der Waals surface area contributed by atoms with Crippen LogP contribution in [0.15, 0.2) is 83.3 Å². The first-order valence-electron chi connectivity index (χ1n) is 12.5. The van der Waals surface area contributed by atoms with Crippen molar-refractivity contribution >= 4 is 43.5 Å². The maximum atomic E-state index is 13.7. The van der Waals surface area contributed by atoms with Crippen LogP contribution in [0.25, 0.3) is 0 Å². The third kappa shape index (κ3) is 8.83. The summed E-state index contributed by atoms with van der Waals surface area (Å²) in [6, 6.07) is 23.1. The summed E-state index contributed by atoms with van der Waals surface area (Å²) >= 11 is 3.43. The van der Waals surface area contributed by atoms with Gasteiger partial charge in [0.05, 0.1) is 19.1 Å². The van der Waals surface area contributed by atoms with Crippen molar-refractivity contribution in [1.82, 2.24) is 10.2 Å². The molecule has 10 heteroatoms. The summed E-state index contributed by atoms with van der Waals surface area (Å²) in [5.41, 5.74) is 2.30. The Morgan fingerprint density at radius 2 is 1.59 bits per heavy atom. The SMILES string of the molecule is CNC(=O)[C@@H](Cc1ccccc1)N(Cc1ccc(Br)cc1)C(=O)CCCN(c1ccc(OC)cc1)S(C)(=O)=O. The average Bonchev–Trinajstić information content (AvgIpc) is 2.93. The molecule has 3 rings (SSSR count). The molecule has 2 amide bonds. The maximum Gasteiger partial charge on any atom is 0.242 e. The molecule has 0 aliphatic carbocycles. The minimum atomic E-state index is -3.58. The Morgan fingerprint density at radius 1 is 0.949 bits per heavy atom. The number of hydrogen-bond acceptors (Lipinski definition) is 5. The second-order valence-electron chi connectivity index (χ2n) is 9.10. The molecule has 0 aromatic heterocycles. The first-order chi connectivity index (χ1) is 18.6. The summed E-state index contributed by atoms with van der Waals surface area (Å²) in [5.74, 6) is 0.121. The van der Waals surface area contributed by atoms with Gasteiger partial charge in [-0.3, -0.25) is 13.9 Å². The summed E-state index contributed by atoms with van der Waals surface area (Å²) < 4.78 is 32.5. The third-order valence-corrected chi connectivity index (χ3v) is 8.02. The first-order valence-corrected chi connectivity index (χ1v) is 15.2. The maximum absolute atomic E-state index is 13.7. The average molecular weight is 617 g/mol. The van der Waals surface area contributed by atoms with E-state index in [-0.39, 0.29) is 37.7 Å². The quantitative estimate of drug-likeness (QED) is 0.308. The van der Waals surface area contributed by atoms with Gasteiger partial charge in [-0.2, -0.15) is 0 Å². The summed E-state index contributed by atoms with van der Waals surface area (Å²) in [4.78, 5) is 28.3. The molecule has 0 radical (unpaired) electrons. The monoisotopic (exact) mass is 615 g/mol. The van der Waals surface area contributed by atoms with Gasteiger partial charge in [0.25, 0.3) is 0 Å². The highest BCUT2D eigenvalue weighted by Gasteiger charge is 2.30. The number of ether oxygens (including phenoxy) is 1.